The standard InChI is InChI=1S/C33H31ClFN3O4/c1-16-19(7-6-10-26(16)38-31(40)21-8-5-9-25(35)29(21)37(4)32(38)41)28-24(34)15-23(30(36)39)22-14-17-13-18(33(2,3)42)11-12-20(17)27(22)28/h5-10,15,18,42H,11-14H2,1-4H3,(H2,36,39)/t18-/m0/s1/i4D3. The Hall–Kier alpha value is -4.01. The van der Waals surface area contributed by atoms with Gasteiger partial charge in [-0.15, -0.1) is 0 Å². The highest BCUT2D eigenvalue weighted by atomic mass is 35.5. The van der Waals surface area contributed by atoms with E-state index in [-0.39, 0.29) is 22.0 Å². The summed E-state index contributed by atoms with van der Waals surface area (Å²) < 4.78 is 40.0. The lowest BCUT2D eigenvalue weighted by Crippen LogP contribution is -2.38. The number of aromatic nitrogens is 2. The van der Waals surface area contributed by atoms with Gasteiger partial charge in [-0.1, -0.05) is 35.4 Å². The molecular formula is C33H31ClFN3O4. The molecule has 0 unspecified atom stereocenters. The number of nitrogens with zero attached hydrogens (tertiary/aromatic N) is 2. The van der Waals surface area contributed by atoms with E-state index in [1.807, 2.05) is 0 Å². The number of amides is 1. The minimum absolute atomic E-state index is 0.0246. The van der Waals surface area contributed by atoms with Gasteiger partial charge in [-0.2, -0.15) is 0 Å². The Morgan fingerprint density at radius 3 is 2.62 bits per heavy atom. The fourth-order valence-corrected chi connectivity index (χ4v) is 6.98. The Morgan fingerprint density at radius 2 is 1.93 bits per heavy atom. The van der Waals surface area contributed by atoms with Crippen molar-refractivity contribution in [3.63, 3.8) is 0 Å². The van der Waals surface area contributed by atoms with Gasteiger partial charge in [0.2, 0.25) is 5.91 Å². The largest absolute Gasteiger partial charge is 0.390 e. The van der Waals surface area contributed by atoms with Crippen LogP contribution in [0.2, 0.25) is 5.02 Å². The van der Waals surface area contributed by atoms with Gasteiger partial charge in [0.15, 0.2) is 0 Å². The van der Waals surface area contributed by atoms with Crippen LogP contribution >= 0.6 is 11.6 Å². The van der Waals surface area contributed by atoms with Crippen molar-refractivity contribution in [3.05, 3.63) is 102 Å². The number of benzene rings is 3. The zero-order valence-corrected chi connectivity index (χ0v) is 24.1. The maximum Gasteiger partial charge on any atom is 0.335 e. The molecule has 1 atom stereocenters. The summed E-state index contributed by atoms with van der Waals surface area (Å²) in [6.07, 6.45) is 2.47. The third kappa shape index (κ3) is 4.15. The molecule has 0 saturated heterocycles. The molecule has 2 aliphatic carbocycles. The zero-order valence-electron chi connectivity index (χ0n) is 26.3. The number of aliphatic hydroxyl groups is 1. The van der Waals surface area contributed by atoms with Crippen molar-refractivity contribution < 1.29 is 18.4 Å². The lowest BCUT2D eigenvalue weighted by molar-refractivity contribution is 0.0123. The molecule has 3 N–H and O–H groups in total. The van der Waals surface area contributed by atoms with Crippen molar-refractivity contribution in [2.45, 2.75) is 52.1 Å². The molecule has 0 spiro atoms. The first kappa shape index (κ1) is 24.6. The first-order valence-corrected chi connectivity index (χ1v) is 14.1. The Kier molecular flexibility index (Phi) is 5.72. The van der Waals surface area contributed by atoms with E-state index < -0.39 is 41.1 Å². The molecule has 7 nitrogen and oxygen atoms in total. The molecule has 0 fully saturated rings. The summed E-state index contributed by atoms with van der Waals surface area (Å²) in [6.45, 7) is 2.19. The number of allylic oxidation sites excluding steroid dienone is 2. The molecule has 0 radical (unpaired) electrons. The summed E-state index contributed by atoms with van der Waals surface area (Å²) in [6, 6.07) is 10.0. The van der Waals surface area contributed by atoms with Crippen LogP contribution in [-0.4, -0.2) is 25.7 Å². The average molecular weight is 591 g/mol. The summed E-state index contributed by atoms with van der Waals surface area (Å²) in [5.74, 6) is -1.60. The SMILES string of the molecule is [2H]C([2H])([2H])n1c(=O)n(-c2cccc(-c3c(Cl)cc(C(N)=O)c4c3C3=C(C4)C[C@@H](C(C)(C)O)CC3)c2C)c(=O)c2cccc(F)c21. The molecule has 0 aliphatic heterocycles. The molecular weight excluding hydrogens is 557 g/mol. The van der Waals surface area contributed by atoms with Gasteiger partial charge < -0.3 is 10.8 Å². The molecule has 42 heavy (non-hydrogen) atoms. The van der Waals surface area contributed by atoms with Crippen LogP contribution in [0.3, 0.4) is 0 Å². The van der Waals surface area contributed by atoms with Crippen molar-refractivity contribution >= 4 is 34.0 Å². The Morgan fingerprint density at radius 1 is 1.19 bits per heavy atom. The zero-order chi connectivity index (χ0) is 32.7. The van der Waals surface area contributed by atoms with Crippen molar-refractivity contribution in [1.29, 1.82) is 0 Å². The van der Waals surface area contributed by atoms with E-state index in [1.165, 1.54) is 24.3 Å². The quantitative estimate of drug-likeness (QED) is 0.330. The second-order valence-corrected chi connectivity index (χ2v) is 12.1. The van der Waals surface area contributed by atoms with Crippen LogP contribution in [0.15, 0.2) is 57.6 Å². The van der Waals surface area contributed by atoms with Crippen LogP contribution in [0, 0.1) is 18.7 Å². The van der Waals surface area contributed by atoms with E-state index >= 15 is 0 Å². The van der Waals surface area contributed by atoms with E-state index in [2.05, 4.69) is 0 Å². The molecule has 0 saturated carbocycles. The summed E-state index contributed by atoms with van der Waals surface area (Å²) in [5, 5.41) is 10.7. The molecule has 6 rings (SSSR count). The van der Waals surface area contributed by atoms with Gasteiger partial charge in [-0.05, 0) is 104 Å². The molecule has 4 aromatic rings. The van der Waals surface area contributed by atoms with Crippen LogP contribution < -0.4 is 17.0 Å². The second-order valence-electron chi connectivity index (χ2n) is 11.7. The molecule has 3 aromatic carbocycles. The number of hydrogen-bond acceptors (Lipinski definition) is 4. The molecule has 9 heteroatoms. The Labute approximate surface area is 250 Å². The van der Waals surface area contributed by atoms with Gasteiger partial charge in [0.1, 0.15) is 5.82 Å². The molecule has 216 valence electrons. The van der Waals surface area contributed by atoms with Crippen molar-refractivity contribution in [2.75, 3.05) is 0 Å². The van der Waals surface area contributed by atoms with Crippen LogP contribution in [0.4, 0.5) is 4.39 Å². The van der Waals surface area contributed by atoms with Crippen molar-refractivity contribution in [2.24, 2.45) is 18.6 Å². The number of carbonyl (C=O) groups is 1. The summed E-state index contributed by atoms with van der Waals surface area (Å²) in [5.41, 5.74) is 7.86. The smallest absolute Gasteiger partial charge is 0.335 e. The number of aryl methyl sites for hydroxylation is 1. The number of carbonyl (C=O) groups excluding carboxylic acids is 1. The summed E-state index contributed by atoms with van der Waals surface area (Å²) in [4.78, 5) is 40.1. The lowest BCUT2D eigenvalue weighted by Gasteiger charge is -2.33. The molecule has 0 bridgehead atoms. The Balaban J connectivity index is 1.64. The Bertz CT molecular complexity index is 2110. The topological polar surface area (TPSA) is 107 Å². The molecule has 1 heterocycles. The van der Waals surface area contributed by atoms with E-state index in [0.29, 0.717) is 46.1 Å². The molecule has 1 amide bonds. The van der Waals surface area contributed by atoms with Gasteiger partial charge >= 0.3 is 5.69 Å². The second kappa shape index (κ2) is 9.78. The van der Waals surface area contributed by atoms with Gasteiger partial charge in [0.05, 0.1) is 22.2 Å². The molecule has 1 aromatic heterocycles. The fraction of sp³-hybridized carbons (Fsp3) is 0.303. The number of hydrogen-bond donors (Lipinski definition) is 2. The van der Waals surface area contributed by atoms with Crippen LogP contribution in [0.25, 0.3) is 33.3 Å². The normalized spacial score (nSPS) is 18.0. The van der Waals surface area contributed by atoms with Crippen molar-refractivity contribution in [3.8, 4) is 16.8 Å². The third-order valence-corrected chi connectivity index (χ3v) is 9.15. The third-order valence-electron chi connectivity index (χ3n) is 8.85. The summed E-state index contributed by atoms with van der Waals surface area (Å²) in [7, 11) is 0. The summed E-state index contributed by atoms with van der Waals surface area (Å²) >= 11 is 6.92. The minimum atomic E-state index is -3.09. The number of halogens is 2. The highest BCUT2D eigenvalue weighted by Gasteiger charge is 2.38. The minimum Gasteiger partial charge on any atom is -0.390 e. The number of nitrogens with two attached hydrogens (primary N) is 1. The monoisotopic (exact) mass is 590 g/mol. The van der Waals surface area contributed by atoms with Crippen LogP contribution in [0.5, 0.6) is 0 Å². The number of rotatable bonds is 4. The predicted molar refractivity (Wildman–Crippen MR) is 163 cm³/mol. The van der Waals surface area contributed by atoms with E-state index in [1.54, 1.807) is 32.9 Å². The average Bonchev–Trinajstić information content (AvgIpc) is 3.32. The number of fused-ring (bicyclic) bond motifs is 3. The van der Waals surface area contributed by atoms with E-state index in [4.69, 9.17) is 21.4 Å². The molecule has 2 aliphatic rings. The van der Waals surface area contributed by atoms with Crippen LogP contribution in [-0.2, 0) is 13.4 Å². The number of para-hydroxylation sites is 1. The van der Waals surface area contributed by atoms with Crippen LogP contribution in [0.1, 0.15) is 64.3 Å². The van der Waals surface area contributed by atoms with Gasteiger partial charge in [-0.3, -0.25) is 14.2 Å². The predicted octanol–water partition coefficient (Wildman–Crippen LogP) is 5.44. The van der Waals surface area contributed by atoms with E-state index in [0.717, 1.165) is 39.3 Å². The maximum atomic E-state index is 14.9. The van der Waals surface area contributed by atoms with Gasteiger partial charge in [-0.25, -0.2) is 13.8 Å². The van der Waals surface area contributed by atoms with Crippen molar-refractivity contribution in [1.82, 2.24) is 9.13 Å². The number of primary amides is 1. The van der Waals surface area contributed by atoms with Gasteiger partial charge in [0, 0.05) is 27.2 Å². The fourth-order valence-electron chi connectivity index (χ4n) is 6.67. The van der Waals surface area contributed by atoms with E-state index in [9.17, 15) is 23.9 Å². The maximum absolute atomic E-state index is 14.9. The first-order valence-electron chi connectivity index (χ1n) is 15.2. The highest BCUT2D eigenvalue weighted by molar-refractivity contribution is 6.34. The van der Waals surface area contributed by atoms with Gasteiger partial charge in [0.25, 0.3) is 5.56 Å². The first-order chi connectivity index (χ1) is 21.0. The lowest BCUT2D eigenvalue weighted by atomic mass is 9.75. The highest BCUT2D eigenvalue weighted by Crippen LogP contribution is 2.52.